The van der Waals surface area contributed by atoms with E-state index < -0.39 is 35.1 Å². The average molecular weight is 267 g/mol. The number of terminal acetylenes is 1. The van der Waals surface area contributed by atoms with Crippen molar-refractivity contribution in [2.45, 2.75) is 19.4 Å². The first-order chi connectivity index (χ1) is 8.88. The molecule has 1 amide bonds. The highest BCUT2D eigenvalue weighted by Crippen LogP contribution is 2.16. The van der Waals surface area contributed by atoms with Crippen molar-refractivity contribution in [3.05, 3.63) is 34.9 Å². The highest BCUT2D eigenvalue weighted by Gasteiger charge is 2.24. The minimum absolute atomic E-state index is 0.0791. The smallest absolute Gasteiger partial charge is 0.327 e. The van der Waals surface area contributed by atoms with Crippen LogP contribution < -0.4 is 5.32 Å². The zero-order valence-electron chi connectivity index (χ0n) is 10.0. The molecule has 0 aliphatic rings. The molecular weight excluding hydrogens is 256 g/mol. The van der Waals surface area contributed by atoms with E-state index in [-0.39, 0.29) is 12.0 Å². The lowest BCUT2D eigenvalue weighted by Gasteiger charge is -2.13. The molecule has 0 radical (unpaired) electrons. The maximum Gasteiger partial charge on any atom is 0.327 e. The third-order valence-corrected chi connectivity index (χ3v) is 2.44. The van der Waals surface area contributed by atoms with E-state index in [1.807, 2.05) is 5.32 Å². The van der Waals surface area contributed by atoms with Crippen molar-refractivity contribution in [2.24, 2.45) is 0 Å². The number of aryl methyl sites for hydroxylation is 1. The average Bonchev–Trinajstić information content (AvgIpc) is 2.33. The summed E-state index contributed by atoms with van der Waals surface area (Å²) in [5.41, 5.74) is -0.737. The zero-order valence-corrected chi connectivity index (χ0v) is 10.0. The van der Waals surface area contributed by atoms with Crippen molar-refractivity contribution in [1.29, 1.82) is 0 Å². The lowest BCUT2D eigenvalue weighted by molar-refractivity contribution is -0.139. The highest BCUT2D eigenvalue weighted by molar-refractivity contribution is 5.97. The van der Waals surface area contributed by atoms with Crippen LogP contribution in [0.15, 0.2) is 12.1 Å². The molecule has 1 aromatic rings. The standard InChI is InChI=1S/C13H11F2NO3/c1-3-4-9(13(18)19)16-12(17)10-8(14)6-5-7(2)11(10)15/h1,5-6,9H,4H2,2H3,(H,16,17)(H,18,19). The van der Waals surface area contributed by atoms with Crippen molar-refractivity contribution >= 4 is 11.9 Å². The Morgan fingerprint density at radius 3 is 2.63 bits per heavy atom. The minimum Gasteiger partial charge on any atom is -0.480 e. The van der Waals surface area contributed by atoms with Crippen LogP contribution in [-0.2, 0) is 4.79 Å². The maximum absolute atomic E-state index is 13.7. The van der Waals surface area contributed by atoms with E-state index in [9.17, 15) is 18.4 Å². The Balaban J connectivity index is 3.05. The molecule has 0 aliphatic carbocycles. The quantitative estimate of drug-likeness (QED) is 0.812. The third kappa shape index (κ3) is 3.28. The zero-order chi connectivity index (χ0) is 14.6. The van der Waals surface area contributed by atoms with Gasteiger partial charge in [-0.15, -0.1) is 12.3 Å². The number of rotatable bonds is 4. The van der Waals surface area contributed by atoms with Crippen LogP contribution >= 0.6 is 0 Å². The highest BCUT2D eigenvalue weighted by atomic mass is 19.1. The molecule has 0 saturated heterocycles. The SMILES string of the molecule is C#CCC(NC(=O)c1c(F)ccc(C)c1F)C(=O)O. The summed E-state index contributed by atoms with van der Waals surface area (Å²) in [4.78, 5) is 22.5. The third-order valence-electron chi connectivity index (χ3n) is 2.44. The van der Waals surface area contributed by atoms with E-state index in [1.54, 1.807) is 0 Å². The number of halogens is 2. The lowest BCUT2D eigenvalue weighted by atomic mass is 10.1. The molecule has 0 spiro atoms. The van der Waals surface area contributed by atoms with E-state index >= 15 is 0 Å². The molecule has 0 heterocycles. The number of benzene rings is 1. The number of amides is 1. The molecule has 1 atom stereocenters. The molecule has 6 heteroatoms. The van der Waals surface area contributed by atoms with Gasteiger partial charge in [0.05, 0.1) is 0 Å². The Morgan fingerprint density at radius 2 is 2.11 bits per heavy atom. The Bertz CT molecular complexity index is 564. The molecule has 4 nitrogen and oxygen atoms in total. The fraction of sp³-hybridized carbons (Fsp3) is 0.231. The van der Waals surface area contributed by atoms with Gasteiger partial charge in [0.15, 0.2) is 0 Å². The molecule has 0 fully saturated rings. The summed E-state index contributed by atoms with van der Waals surface area (Å²) in [5, 5.41) is 10.8. The lowest BCUT2D eigenvalue weighted by Crippen LogP contribution is -2.41. The van der Waals surface area contributed by atoms with E-state index in [4.69, 9.17) is 11.5 Å². The van der Waals surface area contributed by atoms with Gasteiger partial charge in [-0.05, 0) is 18.6 Å². The molecule has 1 rings (SSSR count). The van der Waals surface area contributed by atoms with Gasteiger partial charge < -0.3 is 10.4 Å². The van der Waals surface area contributed by atoms with E-state index in [2.05, 4.69) is 5.92 Å². The van der Waals surface area contributed by atoms with Crippen LogP contribution in [0.1, 0.15) is 22.3 Å². The molecule has 0 aromatic heterocycles. The van der Waals surface area contributed by atoms with Crippen molar-refractivity contribution in [3.63, 3.8) is 0 Å². The largest absolute Gasteiger partial charge is 0.480 e. The van der Waals surface area contributed by atoms with Gasteiger partial charge in [-0.3, -0.25) is 4.79 Å². The van der Waals surface area contributed by atoms with Crippen molar-refractivity contribution in [3.8, 4) is 12.3 Å². The molecule has 0 bridgehead atoms. The second-order valence-electron chi connectivity index (χ2n) is 3.83. The predicted octanol–water partition coefficient (Wildman–Crippen LogP) is 1.48. The summed E-state index contributed by atoms with van der Waals surface area (Å²) >= 11 is 0. The maximum atomic E-state index is 13.7. The Hall–Kier alpha value is -2.42. The topological polar surface area (TPSA) is 66.4 Å². The number of carboxylic acids is 1. The van der Waals surface area contributed by atoms with Gasteiger partial charge in [-0.1, -0.05) is 6.07 Å². The van der Waals surface area contributed by atoms with Gasteiger partial charge in [-0.2, -0.15) is 0 Å². The number of aliphatic carboxylic acids is 1. The molecule has 1 aromatic carbocycles. The fourth-order valence-corrected chi connectivity index (χ4v) is 1.41. The summed E-state index contributed by atoms with van der Waals surface area (Å²) in [6.07, 6.45) is 4.67. The molecule has 1 unspecified atom stereocenters. The first kappa shape index (κ1) is 14.6. The monoisotopic (exact) mass is 267 g/mol. The number of nitrogens with one attached hydrogen (secondary N) is 1. The molecular formula is C13H11F2NO3. The van der Waals surface area contributed by atoms with Gasteiger partial charge in [0.25, 0.3) is 5.91 Å². The van der Waals surface area contributed by atoms with Gasteiger partial charge in [-0.25, -0.2) is 13.6 Å². The first-order valence-corrected chi connectivity index (χ1v) is 5.30. The van der Waals surface area contributed by atoms with Crippen LogP contribution in [0.25, 0.3) is 0 Å². The summed E-state index contributed by atoms with van der Waals surface area (Å²) in [5.74, 6) is -2.55. The Labute approximate surface area is 108 Å². The van der Waals surface area contributed by atoms with Crippen LogP contribution in [0.2, 0.25) is 0 Å². The fourth-order valence-electron chi connectivity index (χ4n) is 1.41. The first-order valence-electron chi connectivity index (χ1n) is 5.30. The van der Waals surface area contributed by atoms with Crippen LogP contribution in [0.4, 0.5) is 8.78 Å². The van der Waals surface area contributed by atoms with Crippen molar-refractivity contribution in [1.82, 2.24) is 5.32 Å². The number of carbonyl (C=O) groups excluding carboxylic acids is 1. The minimum atomic E-state index is -1.39. The Morgan fingerprint density at radius 1 is 1.47 bits per heavy atom. The summed E-state index contributed by atoms with van der Waals surface area (Å²) in [7, 11) is 0. The number of carboxylic acid groups (broad SMARTS) is 1. The second-order valence-corrected chi connectivity index (χ2v) is 3.83. The van der Waals surface area contributed by atoms with Gasteiger partial charge in [0.2, 0.25) is 0 Å². The summed E-state index contributed by atoms with van der Waals surface area (Å²) in [6, 6.07) is 0.721. The predicted molar refractivity (Wildman–Crippen MR) is 63.4 cm³/mol. The van der Waals surface area contributed by atoms with Gasteiger partial charge in [0, 0.05) is 6.42 Å². The van der Waals surface area contributed by atoms with Crippen LogP contribution in [0, 0.1) is 30.9 Å². The van der Waals surface area contributed by atoms with Crippen molar-refractivity contribution in [2.75, 3.05) is 0 Å². The van der Waals surface area contributed by atoms with Crippen LogP contribution in [-0.4, -0.2) is 23.0 Å². The molecule has 0 saturated carbocycles. The van der Waals surface area contributed by atoms with Crippen LogP contribution in [0.5, 0.6) is 0 Å². The van der Waals surface area contributed by atoms with E-state index in [0.29, 0.717) is 0 Å². The van der Waals surface area contributed by atoms with Gasteiger partial charge >= 0.3 is 5.97 Å². The number of hydrogen-bond donors (Lipinski definition) is 2. The molecule has 0 aliphatic heterocycles. The Kier molecular flexibility index (Phi) is 4.59. The van der Waals surface area contributed by atoms with E-state index in [1.165, 1.54) is 13.0 Å². The van der Waals surface area contributed by atoms with Crippen LogP contribution in [0.3, 0.4) is 0 Å². The molecule has 100 valence electrons. The summed E-state index contributed by atoms with van der Waals surface area (Å²) in [6.45, 7) is 1.36. The molecule has 19 heavy (non-hydrogen) atoms. The molecule has 2 N–H and O–H groups in total. The van der Waals surface area contributed by atoms with Gasteiger partial charge in [0.1, 0.15) is 23.2 Å². The van der Waals surface area contributed by atoms with Crippen molar-refractivity contribution < 1.29 is 23.5 Å². The normalized spacial score (nSPS) is 11.5. The summed E-state index contributed by atoms with van der Waals surface area (Å²) < 4.78 is 27.1. The van der Waals surface area contributed by atoms with E-state index in [0.717, 1.165) is 6.07 Å². The number of carbonyl (C=O) groups is 2. The second kappa shape index (κ2) is 5.96. The number of hydrogen-bond acceptors (Lipinski definition) is 2.